The Bertz CT molecular complexity index is 893. The third-order valence-corrected chi connectivity index (χ3v) is 6.94. The molecule has 1 amide bonds. The first-order valence-electron chi connectivity index (χ1n) is 10.3. The van der Waals surface area contributed by atoms with E-state index in [-0.39, 0.29) is 36.1 Å². The molecule has 2 saturated carbocycles. The molecular formula is C22H26F2N4O. The van der Waals surface area contributed by atoms with Gasteiger partial charge in [-0.1, -0.05) is 19.9 Å². The molecule has 0 radical (unpaired) electrons. The van der Waals surface area contributed by atoms with Gasteiger partial charge in [-0.25, -0.2) is 8.78 Å². The molecule has 29 heavy (non-hydrogen) atoms. The molecule has 2 fully saturated rings. The van der Waals surface area contributed by atoms with Crippen LogP contribution < -0.4 is 5.32 Å². The highest BCUT2D eigenvalue weighted by Gasteiger charge is 2.57. The van der Waals surface area contributed by atoms with E-state index in [9.17, 15) is 18.8 Å². The number of alkyl halides is 2. The van der Waals surface area contributed by atoms with Crippen molar-refractivity contribution in [1.29, 1.82) is 5.26 Å². The molecular weight excluding hydrogens is 374 g/mol. The van der Waals surface area contributed by atoms with Crippen LogP contribution >= 0.6 is 0 Å². The fourth-order valence-corrected chi connectivity index (χ4v) is 5.16. The number of amides is 1. The molecule has 1 aromatic rings. The predicted molar refractivity (Wildman–Crippen MR) is 104 cm³/mol. The first kappa shape index (κ1) is 19.9. The Kier molecular flexibility index (Phi) is 4.92. The summed E-state index contributed by atoms with van der Waals surface area (Å²) in [5, 5.41) is 12.4. The molecule has 7 heteroatoms. The summed E-state index contributed by atoms with van der Waals surface area (Å²) in [5.41, 5.74) is 1.79. The SMILES string of the molecule is C[C@H]1C[C@@H](NC(=O)CC2CC2(F)F)C[C@@H](C2(C)CC=C(C#N)c3nccnc32)C1. The van der Waals surface area contributed by atoms with E-state index in [1.807, 2.05) is 6.08 Å². The largest absolute Gasteiger partial charge is 0.353 e. The highest BCUT2D eigenvalue weighted by atomic mass is 19.3. The van der Waals surface area contributed by atoms with E-state index in [1.165, 1.54) is 0 Å². The van der Waals surface area contributed by atoms with Gasteiger partial charge in [0.25, 0.3) is 5.92 Å². The topological polar surface area (TPSA) is 78.7 Å². The van der Waals surface area contributed by atoms with Crippen LogP contribution in [0.25, 0.3) is 5.57 Å². The summed E-state index contributed by atoms with van der Waals surface area (Å²) in [7, 11) is 0. The second-order valence-corrected chi connectivity index (χ2v) is 9.24. The lowest BCUT2D eigenvalue weighted by Gasteiger charge is -2.45. The molecule has 0 saturated heterocycles. The van der Waals surface area contributed by atoms with E-state index >= 15 is 0 Å². The number of nitrogens with zero attached hydrogens (tertiary/aromatic N) is 3. The monoisotopic (exact) mass is 400 g/mol. The number of nitriles is 1. The number of halogens is 2. The number of hydrogen-bond acceptors (Lipinski definition) is 4. The number of fused-ring (bicyclic) bond motifs is 1. The smallest absolute Gasteiger partial charge is 0.252 e. The highest BCUT2D eigenvalue weighted by Crippen LogP contribution is 2.51. The number of aromatic nitrogens is 2. The molecule has 1 heterocycles. The van der Waals surface area contributed by atoms with Gasteiger partial charge in [-0.2, -0.15) is 5.26 Å². The lowest BCUT2D eigenvalue weighted by Crippen LogP contribution is -2.46. The van der Waals surface area contributed by atoms with Crippen LogP contribution in [0, 0.1) is 29.1 Å². The van der Waals surface area contributed by atoms with Crippen LogP contribution in [0.3, 0.4) is 0 Å². The second kappa shape index (κ2) is 7.16. The molecule has 3 aliphatic carbocycles. The summed E-state index contributed by atoms with van der Waals surface area (Å²) in [5.74, 6) is -3.08. The van der Waals surface area contributed by atoms with Crippen LogP contribution in [0.15, 0.2) is 18.5 Å². The number of hydrogen-bond donors (Lipinski definition) is 1. The molecule has 154 valence electrons. The van der Waals surface area contributed by atoms with Crippen molar-refractivity contribution < 1.29 is 13.6 Å². The average Bonchev–Trinajstić information content (AvgIpc) is 3.27. The lowest BCUT2D eigenvalue weighted by molar-refractivity contribution is -0.123. The van der Waals surface area contributed by atoms with Crippen molar-refractivity contribution in [1.82, 2.24) is 15.3 Å². The Hall–Kier alpha value is -2.36. The summed E-state index contributed by atoms with van der Waals surface area (Å²) in [6, 6.07) is 2.19. The van der Waals surface area contributed by atoms with Gasteiger partial charge < -0.3 is 5.32 Å². The van der Waals surface area contributed by atoms with Crippen molar-refractivity contribution in [3.63, 3.8) is 0 Å². The zero-order chi connectivity index (χ0) is 20.8. The third kappa shape index (κ3) is 3.77. The summed E-state index contributed by atoms with van der Waals surface area (Å²) in [6.07, 6.45) is 8.27. The van der Waals surface area contributed by atoms with E-state index in [2.05, 4.69) is 35.2 Å². The molecule has 1 N–H and O–H groups in total. The fraction of sp³-hybridized carbons (Fsp3) is 0.636. The minimum Gasteiger partial charge on any atom is -0.353 e. The van der Waals surface area contributed by atoms with Gasteiger partial charge in [0.2, 0.25) is 5.91 Å². The molecule has 5 nitrogen and oxygen atoms in total. The van der Waals surface area contributed by atoms with Crippen LogP contribution in [0.2, 0.25) is 0 Å². The Labute approximate surface area is 169 Å². The fourth-order valence-electron chi connectivity index (χ4n) is 5.16. The van der Waals surface area contributed by atoms with Gasteiger partial charge in [0, 0.05) is 42.6 Å². The maximum absolute atomic E-state index is 13.1. The van der Waals surface area contributed by atoms with Crippen molar-refractivity contribution in [2.24, 2.45) is 17.8 Å². The molecule has 2 unspecified atom stereocenters. The standard InChI is InChI=1S/C22H26F2N4O/c1-13-7-15(9-17(8-13)28-18(29)10-16-11-22(16,23)24)21(2)4-3-14(12-25)19-20(21)27-6-5-26-19/h3,5-6,13,15-17H,4,7-11H2,1-2H3,(H,28,29)/t13-,15+,16?,17-,21?/m1/s1. The summed E-state index contributed by atoms with van der Waals surface area (Å²) in [4.78, 5) is 21.3. The average molecular weight is 400 g/mol. The molecule has 1 aromatic heterocycles. The quantitative estimate of drug-likeness (QED) is 0.828. The molecule has 0 aromatic carbocycles. The van der Waals surface area contributed by atoms with Crippen molar-refractivity contribution in [2.45, 2.75) is 69.8 Å². The number of allylic oxidation sites excluding steroid dienone is 2. The van der Waals surface area contributed by atoms with Crippen molar-refractivity contribution in [2.75, 3.05) is 0 Å². The first-order chi connectivity index (χ1) is 13.7. The molecule has 0 bridgehead atoms. The zero-order valence-corrected chi connectivity index (χ0v) is 16.8. The van der Waals surface area contributed by atoms with Crippen LogP contribution in [0.4, 0.5) is 8.78 Å². The van der Waals surface area contributed by atoms with E-state index in [0.29, 0.717) is 23.6 Å². The minimum absolute atomic E-state index is 0.0260. The number of carbonyl (C=O) groups is 1. The Balaban J connectivity index is 1.50. The molecule has 0 aliphatic heterocycles. The maximum atomic E-state index is 13.1. The van der Waals surface area contributed by atoms with Crippen molar-refractivity contribution in [3.05, 3.63) is 29.9 Å². The normalized spacial score (nSPS) is 35.1. The summed E-state index contributed by atoms with van der Waals surface area (Å²) in [6.45, 7) is 4.33. The second-order valence-electron chi connectivity index (χ2n) is 9.24. The van der Waals surface area contributed by atoms with Gasteiger partial charge in [0.15, 0.2) is 0 Å². The van der Waals surface area contributed by atoms with Gasteiger partial charge in [0.05, 0.1) is 11.3 Å². The van der Waals surface area contributed by atoms with Crippen LogP contribution in [0.5, 0.6) is 0 Å². The maximum Gasteiger partial charge on any atom is 0.252 e. The first-order valence-corrected chi connectivity index (χ1v) is 10.3. The van der Waals surface area contributed by atoms with Gasteiger partial charge in [-0.3, -0.25) is 14.8 Å². The van der Waals surface area contributed by atoms with E-state index in [4.69, 9.17) is 0 Å². The molecule has 0 spiro atoms. The Morgan fingerprint density at radius 2 is 2.03 bits per heavy atom. The minimum atomic E-state index is -2.66. The van der Waals surface area contributed by atoms with E-state index in [0.717, 1.165) is 25.0 Å². The van der Waals surface area contributed by atoms with E-state index < -0.39 is 11.8 Å². The number of rotatable bonds is 4. The molecule has 5 atom stereocenters. The predicted octanol–water partition coefficient (Wildman–Crippen LogP) is 4.01. The van der Waals surface area contributed by atoms with Gasteiger partial charge in [-0.05, 0) is 37.5 Å². The van der Waals surface area contributed by atoms with Crippen molar-refractivity contribution >= 4 is 11.5 Å². The Morgan fingerprint density at radius 3 is 2.72 bits per heavy atom. The highest BCUT2D eigenvalue weighted by molar-refractivity contribution is 5.78. The zero-order valence-electron chi connectivity index (χ0n) is 16.8. The van der Waals surface area contributed by atoms with Gasteiger partial charge in [0.1, 0.15) is 11.8 Å². The van der Waals surface area contributed by atoms with Gasteiger partial charge in [-0.15, -0.1) is 0 Å². The Morgan fingerprint density at radius 1 is 1.31 bits per heavy atom. The van der Waals surface area contributed by atoms with Crippen LogP contribution in [-0.4, -0.2) is 27.8 Å². The third-order valence-electron chi connectivity index (χ3n) is 6.94. The summed E-state index contributed by atoms with van der Waals surface area (Å²) >= 11 is 0. The van der Waals surface area contributed by atoms with Crippen LogP contribution in [0.1, 0.15) is 63.8 Å². The lowest BCUT2D eigenvalue weighted by atomic mass is 9.61. The summed E-state index contributed by atoms with van der Waals surface area (Å²) < 4.78 is 26.3. The van der Waals surface area contributed by atoms with E-state index in [1.54, 1.807) is 12.4 Å². The molecule has 4 rings (SSSR count). The van der Waals surface area contributed by atoms with Gasteiger partial charge >= 0.3 is 0 Å². The van der Waals surface area contributed by atoms with Crippen LogP contribution in [-0.2, 0) is 10.2 Å². The number of carbonyl (C=O) groups excluding carboxylic acids is 1. The molecule has 3 aliphatic rings. The van der Waals surface area contributed by atoms with Crippen molar-refractivity contribution in [3.8, 4) is 6.07 Å². The number of nitrogens with one attached hydrogen (secondary N) is 1.